The van der Waals surface area contributed by atoms with Gasteiger partial charge in [0, 0.05) is 12.5 Å². The highest BCUT2D eigenvalue weighted by molar-refractivity contribution is 5.65. The van der Waals surface area contributed by atoms with Crippen molar-refractivity contribution in [1.82, 2.24) is 10.2 Å². The van der Waals surface area contributed by atoms with Crippen LogP contribution in [0.3, 0.4) is 0 Å². The smallest absolute Gasteiger partial charge is 0.247 e. The third-order valence-electron chi connectivity index (χ3n) is 2.25. The SMILES string of the molecule is COc1cc(-c2nnc(C)o2)cc(OC)c1O. The molecule has 1 aromatic heterocycles. The van der Waals surface area contributed by atoms with Crippen LogP contribution < -0.4 is 9.47 Å². The summed E-state index contributed by atoms with van der Waals surface area (Å²) in [7, 11) is 2.91. The number of hydrogen-bond acceptors (Lipinski definition) is 6. The zero-order chi connectivity index (χ0) is 12.4. The van der Waals surface area contributed by atoms with Crippen LogP contribution in [-0.4, -0.2) is 29.5 Å². The number of rotatable bonds is 3. The van der Waals surface area contributed by atoms with E-state index in [1.165, 1.54) is 14.2 Å². The molecule has 6 heteroatoms. The molecule has 2 aromatic rings. The zero-order valence-electron chi connectivity index (χ0n) is 9.72. The maximum Gasteiger partial charge on any atom is 0.247 e. The largest absolute Gasteiger partial charge is 0.502 e. The van der Waals surface area contributed by atoms with E-state index in [9.17, 15) is 5.11 Å². The molecule has 1 aromatic carbocycles. The molecule has 0 spiro atoms. The van der Waals surface area contributed by atoms with Crippen LogP contribution in [0.25, 0.3) is 11.5 Å². The van der Waals surface area contributed by atoms with Gasteiger partial charge in [0.05, 0.1) is 14.2 Å². The summed E-state index contributed by atoms with van der Waals surface area (Å²) in [5.41, 5.74) is 0.622. The average Bonchev–Trinajstić information content (AvgIpc) is 2.76. The molecule has 6 nitrogen and oxygen atoms in total. The Bertz CT molecular complexity index is 511. The van der Waals surface area contributed by atoms with Crippen LogP contribution in [0.15, 0.2) is 16.5 Å². The molecule has 17 heavy (non-hydrogen) atoms. The molecular formula is C11H12N2O4. The summed E-state index contributed by atoms with van der Waals surface area (Å²) in [6.45, 7) is 1.70. The number of aryl methyl sites for hydroxylation is 1. The number of aromatic hydroxyl groups is 1. The first-order valence-electron chi connectivity index (χ1n) is 4.91. The van der Waals surface area contributed by atoms with Gasteiger partial charge < -0.3 is 19.0 Å². The maximum absolute atomic E-state index is 9.75. The standard InChI is InChI=1S/C11H12N2O4/c1-6-12-13-11(17-6)7-4-8(15-2)10(14)9(5-7)16-3/h4-5,14H,1-3H3. The first-order chi connectivity index (χ1) is 8.15. The van der Waals surface area contributed by atoms with Crippen molar-refractivity contribution in [1.29, 1.82) is 0 Å². The van der Waals surface area contributed by atoms with Crippen molar-refractivity contribution in [3.05, 3.63) is 18.0 Å². The monoisotopic (exact) mass is 236 g/mol. The molecule has 0 bridgehead atoms. The highest BCUT2D eigenvalue weighted by Crippen LogP contribution is 2.39. The van der Waals surface area contributed by atoms with Crippen molar-refractivity contribution in [2.24, 2.45) is 0 Å². The molecule has 0 amide bonds. The Balaban J connectivity index is 2.55. The fraction of sp³-hybridized carbons (Fsp3) is 0.273. The molecule has 0 aliphatic rings. The summed E-state index contributed by atoms with van der Waals surface area (Å²) < 4.78 is 15.4. The Labute approximate surface area is 97.8 Å². The maximum atomic E-state index is 9.75. The minimum Gasteiger partial charge on any atom is -0.502 e. The quantitative estimate of drug-likeness (QED) is 0.875. The van der Waals surface area contributed by atoms with Crippen molar-refractivity contribution in [3.63, 3.8) is 0 Å². The fourth-order valence-corrected chi connectivity index (χ4v) is 1.43. The Morgan fingerprint density at radius 3 is 2.12 bits per heavy atom. The predicted octanol–water partition coefficient (Wildman–Crippen LogP) is 1.77. The van der Waals surface area contributed by atoms with E-state index in [0.717, 1.165) is 0 Å². The van der Waals surface area contributed by atoms with E-state index in [0.29, 0.717) is 17.3 Å². The molecular weight excluding hydrogens is 224 g/mol. The van der Waals surface area contributed by atoms with Gasteiger partial charge in [-0.25, -0.2) is 0 Å². The topological polar surface area (TPSA) is 77.6 Å². The van der Waals surface area contributed by atoms with E-state index in [1.807, 2.05) is 0 Å². The van der Waals surface area contributed by atoms with Crippen molar-refractivity contribution in [2.45, 2.75) is 6.92 Å². The lowest BCUT2D eigenvalue weighted by atomic mass is 10.2. The van der Waals surface area contributed by atoms with Gasteiger partial charge in [-0.2, -0.15) is 0 Å². The number of nitrogens with zero attached hydrogens (tertiary/aromatic N) is 2. The predicted molar refractivity (Wildman–Crippen MR) is 59.2 cm³/mol. The lowest BCUT2D eigenvalue weighted by Gasteiger charge is -2.09. The summed E-state index contributed by atoms with van der Waals surface area (Å²) in [6.07, 6.45) is 0. The lowest BCUT2D eigenvalue weighted by Crippen LogP contribution is -1.90. The van der Waals surface area contributed by atoms with Gasteiger partial charge in [-0.1, -0.05) is 0 Å². The molecule has 1 N–H and O–H groups in total. The summed E-state index contributed by atoms with van der Waals surface area (Å²) in [6, 6.07) is 3.20. The van der Waals surface area contributed by atoms with Crippen molar-refractivity contribution < 1.29 is 19.0 Å². The van der Waals surface area contributed by atoms with Crippen LogP contribution in [0.1, 0.15) is 5.89 Å². The van der Waals surface area contributed by atoms with Crippen molar-refractivity contribution in [3.8, 4) is 28.7 Å². The van der Waals surface area contributed by atoms with E-state index in [4.69, 9.17) is 13.9 Å². The first kappa shape index (κ1) is 11.3. The number of hydrogen-bond donors (Lipinski definition) is 1. The minimum atomic E-state index is -0.0602. The lowest BCUT2D eigenvalue weighted by molar-refractivity contribution is 0.340. The molecule has 0 fully saturated rings. The second-order valence-corrected chi connectivity index (χ2v) is 3.36. The third-order valence-corrected chi connectivity index (χ3v) is 2.25. The Morgan fingerprint density at radius 1 is 1.12 bits per heavy atom. The molecule has 0 unspecified atom stereocenters. The van der Waals surface area contributed by atoms with Gasteiger partial charge in [0.25, 0.3) is 0 Å². The Kier molecular flexibility index (Phi) is 2.86. The minimum absolute atomic E-state index is 0.0602. The van der Waals surface area contributed by atoms with Gasteiger partial charge in [-0.05, 0) is 12.1 Å². The number of phenols is 1. The second-order valence-electron chi connectivity index (χ2n) is 3.36. The van der Waals surface area contributed by atoms with Gasteiger partial charge in [-0.15, -0.1) is 10.2 Å². The van der Waals surface area contributed by atoms with Gasteiger partial charge in [0.2, 0.25) is 17.5 Å². The van der Waals surface area contributed by atoms with Gasteiger partial charge in [0.15, 0.2) is 11.5 Å². The molecule has 1 heterocycles. The number of ether oxygens (including phenoxy) is 2. The van der Waals surface area contributed by atoms with Crippen LogP contribution in [0.4, 0.5) is 0 Å². The molecule has 2 rings (SSSR count). The van der Waals surface area contributed by atoms with Crippen LogP contribution in [-0.2, 0) is 0 Å². The van der Waals surface area contributed by atoms with Crippen LogP contribution >= 0.6 is 0 Å². The Hall–Kier alpha value is -2.24. The fourth-order valence-electron chi connectivity index (χ4n) is 1.43. The molecule has 0 aliphatic carbocycles. The van der Waals surface area contributed by atoms with Crippen molar-refractivity contribution >= 4 is 0 Å². The molecule has 0 saturated carbocycles. The Morgan fingerprint density at radius 2 is 1.71 bits per heavy atom. The number of methoxy groups -OCH3 is 2. The van der Waals surface area contributed by atoms with E-state index in [2.05, 4.69) is 10.2 Å². The number of aromatic nitrogens is 2. The van der Waals surface area contributed by atoms with E-state index in [1.54, 1.807) is 19.1 Å². The second kappa shape index (κ2) is 4.32. The van der Waals surface area contributed by atoms with Gasteiger partial charge >= 0.3 is 0 Å². The van der Waals surface area contributed by atoms with Gasteiger partial charge in [-0.3, -0.25) is 0 Å². The van der Waals surface area contributed by atoms with Gasteiger partial charge in [0.1, 0.15) is 0 Å². The summed E-state index contributed by atoms with van der Waals surface area (Å²) in [4.78, 5) is 0. The van der Waals surface area contributed by atoms with E-state index >= 15 is 0 Å². The molecule has 0 aliphatic heterocycles. The van der Waals surface area contributed by atoms with E-state index < -0.39 is 0 Å². The van der Waals surface area contributed by atoms with E-state index in [-0.39, 0.29) is 17.2 Å². The molecule has 90 valence electrons. The summed E-state index contributed by atoms with van der Waals surface area (Å²) >= 11 is 0. The normalized spacial score (nSPS) is 10.3. The van der Waals surface area contributed by atoms with Crippen molar-refractivity contribution in [2.75, 3.05) is 14.2 Å². The molecule has 0 atom stereocenters. The number of benzene rings is 1. The summed E-state index contributed by atoms with van der Waals surface area (Å²) in [5.74, 6) is 1.32. The van der Waals surface area contributed by atoms with Crippen LogP contribution in [0, 0.1) is 6.92 Å². The molecule has 0 radical (unpaired) electrons. The number of phenolic OH excluding ortho intramolecular Hbond substituents is 1. The van der Waals surface area contributed by atoms with Crippen LogP contribution in [0.2, 0.25) is 0 Å². The highest BCUT2D eigenvalue weighted by atomic mass is 16.5. The van der Waals surface area contributed by atoms with Crippen LogP contribution in [0.5, 0.6) is 17.2 Å². The molecule has 0 saturated heterocycles. The first-order valence-corrected chi connectivity index (χ1v) is 4.91. The third kappa shape index (κ3) is 2.01. The highest BCUT2D eigenvalue weighted by Gasteiger charge is 2.15. The average molecular weight is 236 g/mol. The zero-order valence-corrected chi connectivity index (χ0v) is 9.72. The summed E-state index contributed by atoms with van der Waals surface area (Å²) in [5, 5.41) is 17.4.